The van der Waals surface area contributed by atoms with Crippen molar-refractivity contribution >= 4 is 27.9 Å². The lowest BCUT2D eigenvalue weighted by Gasteiger charge is -2.18. The second-order valence-corrected chi connectivity index (χ2v) is 8.07. The molecule has 1 aliphatic rings. The van der Waals surface area contributed by atoms with Gasteiger partial charge in [0.2, 0.25) is 0 Å². The van der Waals surface area contributed by atoms with Crippen LogP contribution in [0.2, 0.25) is 0 Å². The zero-order valence-electron chi connectivity index (χ0n) is 16.6. The molecule has 144 valence electrons. The Bertz CT molecular complexity index is 1200. The maximum atomic E-state index is 5.77. The first kappa shape index (κ1) is 17.0. The van der Waals surface area contributed by atoms with Gasteiger partial charge in [-0.25, -0.2) is 9.97 Å². The van der Waals surface area contributed by atoms with Crippen LogP contribution >= 0.6 is 0 Å². The summed E-state index contributed by atoms with van der Waals surface area (Å²) in [5.74, 6) is 1.49. The van der Waals surface area contributed by atoms with E-state index in [4.69, 9.17) is 4.74 Å². The minimum atomic E-state index is -0.163. The van der Waals surface area contributed by atoms with E-state index < -0.39 is 0 Å². The van der Waals surface area contributed by atoms with Crippen molar-refractivity contribution in [2.24, 2.45) is 0 Å². The highest BCUT2D eigenvalue weighted by atomic mass is 16.5. The molecule has 4 aromatic rings. The van der Waals surface area contributed by atoms with Gasteiger partial charge in [0.25, 0.3) is 6.01 Å². The summed E-state index contributed by atoms with van der Waals surface area (Å²) in [6, 6.07) is 9.04. The zero-order chi connectivity index (χ0) is 19.5. The number of anilines is 1. The molecule has 5 rings (SSSR count). The molecule has 2 N–H and O–H groups in total. The monoisotopic (exact) mass is 376 g/mol. The van der Waals surface area contributed by atoms with Crippen molar-refractivity contribution in [2.45, 2.75) is 39.7 Å². The average Bonchev–Trinajstić information content (AvgIpc) is 3.27. The van der Waals surface area contributed by atoms with Crippen molar-refractivity contribution in [1.29, 1.82) is 0 Å². The fourth-order valence-corrected chi connectivity index (χ4v) is 4.08. The summed E-state index contributed by atoms with van der Waals surface area (Å²) in [6.07, 6.45) is 0.899. The zero-order valence-corrected chi connectivity index (χ0v) is 16.6. The van der Waals surface area contributed by atoms with Gasteiger partial charge >= 0.3 is 0 Å². The highest BCUT2D eigenvalue weighted by molar-refractivity contribution is 5.86. The van der Waals surface area contributed by atoms with E-state index >= 15 is 0 Å². The highest BCUT2D eigenvalue weighted by Gasteiger charge is 2.35. The predicted octanol–water partition coefficient (Wildman–Crippen LogP) is 3.71. The van der Waals surface area contributed by atoms with E-state index in [-0.39, 0.29) is 5.54 Å². The van der Waals surface area contributed by atoms with Crippen molar-refractivity contribution in [3.8, 4) is 6.01 Å². The number of H-pyrrole nitrogens is 1. The number of aryl methyl sites for hydroxylation is 2. The Hall–Kier alpha value is -3.09. The highest BCUT2D eigenvalue weighted by Crippen LogP contribution is 2.36. The van der Waals surface area contributed by atoms with Crippen LogP contribution in [0, 0.1) is 13.8 Å². The van der Waals surface area contributed by atoms with E-state index in [1.54, 1.807) is 0 Å². The smallest absolute Gasteiger partial charge is 0.299 e. The first-order chi connectivity index (χ1) is 13.4. The molecule has 4 heterocycles. The van der Waals surface area contributed by atoms with Gasteiger partial charge in [0.05, 0.1) is 5.54 Å². The van der Waals surface area contributed by atoms with E-state index in [1.165, 1.54) is 22.2 Å². The minimum absolute atomic E-state index is 0.163. The molecule has 7 heteroatoms. The van der Waals surface area contributed by atoms with Gasteiger partial charge in [-0.1, -0.05) is 18.2 Å². The van der Waals surface area contributed by atoms with Crippen LogP contribution in [0.5, 0.6) is 6.01 Å². The Morgan fingerprint density at radius 3 is 2.86 bits per heavy atom. The molecule has 0 aliphatic carbocycles. The second-order valence-electron chi connectivity index (χ2n) is 8.07. The molecule has 0 saturated heterocycles. The molecule has 0 fully saturated rings. The number of nitrogens with one attached hydrogen (secondary N) is 2. The van der Waals surface area contributed by atoms with E-state index in [0.29, 0.717) is 12.6 Å². The molecule has 0 radical (unpaired) electrons. The molecular formula is C21H24N6O. The molecule has 0 bridgehead atoms. The fourth-order valence-electron chi connectivity index (χ4n) is 4.08. The third kappa shape index (κ3) is 2.53. The van der Waals surface area contributed by atoms with Gasteiger partial charge in [0.15, 0.2) is 17.0 Å². The van der Waals surface area contributed by atoms with Crippen molar-refractivity contribution in [3.63, 3.8) is 0 Å². The summed E-state index contributed by atoms with van der Waals surface area (Å²) in [5, 5.41) is 4.76. The minimum Gasteiger partial charge on any atom is -0.462 e. The number of hydrogen-bond donors (Lipinski definition) is 2. The van der Waals surface area contributed by atoms with E-state index in [1.807, 2.05) is 6.92 Å². The number of benzene rings is 1. The number of imidazole rings is 1. The van der Waals surface area contributed by atoms with Crippen LogP contribution in [-0.2, 0) is 12.0 Å². The fraction of sp³-hybridized carbons (Fsp3) is 0.381. The number of para-hydroxylation sites is 1. The SMILES string of the molecule is Cc1nc(NCCc2c(C)[nH]c3ccccc23)c2nc3n(c2n1)C(C)(C)CO3. The Morgan fingerprint density at radius 1 is 1.18 bits per heavy atom. The maximum Gasteiger partial charge on any atom is 0.299 e. The van der Waals surface area contributed by atoms with E-state index in [2.05, 4.69) is 74.9 Å². The number of aromatic amines is 1. The average molecular weight is 376 g/mol. The Morgan fingerprint density at radius 2 is 2.00 bits per heavy atom. The molecule has 0 unspecified atom stereocenters. The maximum absolute atomic E-state index is 5.77. The molecule has 0 atom stereocenters. The Labute approximate surface area is 163 Å². The van der Waals surface area contributed by atoms with Gasteiger partial charge < -0.3 is 15.0 Å². The largest absolute Gasteiger partial charge is 0.462 e. The standard InChI is InChI=1S/C21H24N6O/c1-12-14(15-7-5-6-8-16(15)23-12)9-10-22-18-17-19(25-13(2)24-18)27-20(26-17)28-11-21(27,3)4/h5-8,23H,9-11H2,1-4H3,(H,22,24,25). The summed E-state index contributed by atoms with van der Waals surface area (Å²) in [4.78, 5) is 17.4. The van der Waals surface area contributed by atoms with Crippen LogP contribution in [0.4, 0.5) is 5.82 Å². The second kappa shape index (κ2) is 5.95. The normalized spacial score (nSPS) is 15.1. The lowest BCUT2D eigenvalue weighted by atomic mass is 10.1. The van der Waals surface area contributed by atoms with Crippen molar-refractivity contribution in [1.82, 2.24) is 24.5 Å². The molecule has 0 amide bonds. The summed E-state index contributed by atoms with van der Waals surface area (Å²) in [6.45, 7) is 9.68. The summed E-state index contributed by atoms with van der Waals surface area (Å²) in [5.41, 5.74) is 5.16. The third-order valence-electron chi connectivity index (χ3n) is 5.44. The van der Waals surface area contributed by atoms with Crippen LogP contribution in [0.3, 0.4) is 0 Å². The van der Waals surface area contributed by atoms with Gasteiger partial charge in [-0.2, -0.15) is 4.98 Å². The van der Waals surface area contributed by atoms with Gasteiger partial charge in [-0.05, 0) is 45.7 Å². The molecule has 7 nitrogen and oxygen atoms in total. The van der Waals surface area contributed by atoms with Crippen LogP contribution in [0.1, 0.15) is 30.9 Å². The first-order valence-electron chi connectivity index (χ1n) is 9.64. The Balaban J connectivity index is 1.45. The van der Waals surface area contributed by atoms with Gasteiger partial charge in [0.1, 0.15) is 12.4 Å². The summed E-state index contributed by atoms with van der Waals surface area (Å²) in [7, 11) is 0. The van der Waals surface area contributed by atoms with Gasteiger partial charge in [-0.15, -0.1) is 0 Å². The van der Waals surface area contributed by atoms with Crippen LogP contribution in [0.25, 0.3) is 22.1 Å². The van der Waals surface area contributed by atoms with Crippen molar-refractivity contribution < 1.29 is 4.74 Å². The molecule has 0 spiro atoms. The topological polar surface area (TPSA) is 80.7 Å². The number of fused-ring (bicyclic) bond motifs is 4. The molecule has 3 aromatic heterocycles. The molecule has 1 aromatic carbocycles. The van der Waals surface area contributed by atoms with E-state index in [9.17, 15) is 0 Å². The predicted molar refractivity (Wildman–Crippen MR) is 110 cm³/mol. The number of rotatable bonds is 4. The number of hydrogen-bond acceptors (Lipinski definition) is 5. The summed E-state index contributed by atoms with van der Waals surface area (Å²) >= 11 is 0. The van der Waals surface area contributed by atoms with Crippen LogP contribution in [0.15, 0.2) is 24.3 Å². The third-order valence-corrected chi connectivity index (χ3v) is 5.44. The molecule has 0 saturated carbocycles. The van der Waals surface area contributed by atoms with Crippen LogP contribution < -0.4 is 10.1 Å². The molecular weight excluding hydrogens is 352 g/mol. The van der Waals surface area contributed by atoms with E-state index in [0.717, 1.165) is 35.8 Å². The molecule has 1 aliphatic heterocycles. The van der Waals surface area contributed by atoms with Crippen molar-refractivity contribution in [3.05, 3.63) is 41.3 Å². The lowest BCUT2D eigenvalue weighted by Crippen LogP contribution is -2.26. The quantitative estimate of drug-likeness (QED) is 0.568. The number of ether oxygens (including phenoxy) is 1. The first-order valence-corrected chi connectivity index (χ1v) is 9.64. The number of aromatic nitrogens is 5. The van der Waals surface area contributed by atoms with Crippen molar-refractivity contribution in [2.75, 3.05) is 18.5 Å². The van der Waals surface area contributed by atoms with Crippen LogP contribution in [-0.4, -0.2) is 37.7 Å². The lowest BCUT2D eigenvalue weighted by molar-refractivity contribution is 0.268. The Kier molecular flexibility index (Phi) is 3.62. The molecule has 28 heavy (non-hydrogen) atoms. The number of nitrogens with zero attached hydrogens (tertiary/aromatic N) is 4. The van der Waals surface area contributed by atoms with Gasteiger partial charge in [-0.3, -0.25) is 4.57 Å². The summed E-state index contributed by atoms with van der Waals surface area (Å²) < 4.78 is 7.85. The van der Waals surface area contributed by atoms with Gasteiger partial charge in [0, 0.05) is 23.1 Å².